The molecule has 0 bridgehead atoms. The Kier molecular flexibility index (Phi) is 5.20. The van der Waals surface area contributed by atoms with Crippen LogP contribution in [0.5, 0.6) is 0 Å². The lowest BCUT2D eigenvalue weighted by Crippen LogP contribution is -2.47. The monoisotopic (exact) mass is 437 g/mol. The van der Waals surface area contributed by atoms with E-state index in [9.17, 15) is 14.0 Å². The van der Waals surface area contributed by atoms with Crippen molar-refractivity contribution < 1.29 is 14.0 Å². The summed E-state index contributed by atoms with van der Waals surface area (Å²) >= 11 is 0. The molecule has 9 nitrogen and oxygen atoms in total. The lowest BCUT2D eigenvalue weighted by atomic mass is 10.1. The molecule has 32 heavy (non-hydrogen) atoms. The van der Waals surface area contributed by atoms with Crippen LogP contribution in [0.1, 0.15) is 47.1 Å². The van der Waals surface area contributed by atoms with Crippen molar-refractivity contribution >= 4 is 17.5 Å². The number of nitrogens with one attached hydrogen (secondary N) is 1. The average molecular weight is 437 g/mol. The van der Waals surface area contributed by atoms with Gasteiger partial charge in [-0.1, -0.05) is 18.2 Å². The molecule has 166 valence electrons. The largest absolute Gasteiger partial charge is 0.352 e. The molecule has 1 saturated carbocycles. The molecule has 1 atom stereocenters. The normalized spacial score (nSPS) is 18.8. The molecule has 10 heteroatoms. The second kappa shape index (κ2) is 8.18. The van der Waals surface area contributed by atoms with Crippen molar-refractivity contribution in [3.8, 4) is 0 Å². The van der Waals surface area contributed by atoms with E-state index in [0.717, 1.165) is 24.4 Å². The van der Waals surface area contributed by atoms with E-state index in [4.69, 9.17) is 5.10 Å². The predicted molar refractivity (Wildman–Crippen MR) is 114 cm³/mol. The maximum atomic E-state index is 13.9. The summed E-state index contributed by atoms with van der Waals surface area (Å²) in [6.45, 7) is 0.861. The summed E-state index contributed by atoms with van der Waals surface area (Å²) in [5, 5.41) is 11.6. The minimum Gasteiger partial charge on any atom is -0.352 e. The first kappa shape index (κ1) is 20.3. The van der Waals surface area contributed by atoms with E-state index in [2.05, 4.69) is 21.5 Å². The second-order valence-corrected chi connectivity index (χ2v) is 8.42. The van der Waals surface area contributed by atoms with Gasteiger partial charge in [-0.2, -0.15) is 5.10 Å². The van der Waals surface area contributed by atoms with Gasteiger partial charge in [-0.05, 0) is 25.3 Å². The third kappa shape index (κ3) is 4.12. The number of rotatable bonds is 5. The van der Waals surface area contributed by atoms with Crippen LogP contribution in [0.2, 0.25) is 0 Å². The van der Waals surface area contributed by atoms with Crippen molar-refractivity contribution in [1.29, 1.82) is 0 Å². The van der Waals surface area contributed by atoms with Crippen molar-refractivity contribution in [3.63, 3.8) is 0 Å². The summed E-state index contributed by atoms with van der Waals surface area (Å²) in [6.07, 6.45) is 4.14. The van der Waals surface area contributed by atoms with Gasteiger partial charge in [0.1, 0.15) is 18.0 Å². The average Bonchev–Trinajstić information content (AvgIpc) is 3.36. The molecule has 1 N–H and O–H groups in total. The van der Waals surface area contributed by atoms with E-state index in [1.54, 1.807) is 18.2 Å². The molecule has 1 fully saturated rings. The second-order valence-electron chi connectivity index (χ2n) is 8.42. The maximum absolute atomic E-state index is 13.9. The molecule has 1 aliphatic carbocycles. The number of carbonyl (C=O) groups excluding carboxylic acids is 2. The topological polar surface area (TPSA) is 97.9 Å². The zero-order valence-corrected chi connectivity index (χ0v) is 17.7. The number of aromatic nitrogens is 5. The lowest BCUT2D eigenvalue weighted by Gasteiger charge is -2.26. The number of fused-ring (bicyclic) bond motifs is 1. The van der Waals surface area contributed by atoms with Crippen LogP contribution < -0.4 is 10.2 Å². The lowest BCUT2D eigenvalue weighted by molar-refractivity contribution is -0.119. The number of carbonyl (C=O) groups is 2. The smallest absolute Gasteiger partial charge is 0.291 e. The Labute approximate surface area is 184 Å². The van der Waals surface area contributed by atoms with Gasteiger partial charge in [0.25, 0.3) is 5.91 Å². The summed E-state index contributed by atoms with van der Waals surface area (Å²) in [7, 11) is 1.86. The highest BCUT2D eigenvalue weighted by molar-refractivity contribution is 5.96. The highest BCUT2D eigenvalue weighted by Crippen LogP contribution is 2.40. The summed E-state index contributed by atoms with van der Waals surface area (Å²) in [6, 6.07) is 7.77. The van der Waals surface area contributed by atoms with E-state index in [1.807, 2.05) is 16.6 Å². The third-order valence-electron chi connectivity index (χ3n) is 5.91. The molecule has 2 aliphatic rings. The number of hydrogen-bond acceptors (Lipinski definition) is 6. The SMILES string of the molecule is CN1CC(=O)[C@@H](NC(=O)c2ncn(Cc3ccccc3F)n2)CCn2nc(C3CC3)cc21. The van der Waals surface area contributed by atoms with Crippen molar-refractivity contribution in [2.75, 3.05) is 18.5 Å². The van der Waals surface area contributed by atoms with Gasteiger partial charge in [-0.15, -0.1) is 5.10 Å². The molecule has 0 radical (unpaired) electrons. The van der Waals surface area contributed by atoms with Crippen molar-refractivity contribution in [3.05, 3.63) is 59.6 Å². The quantitative estimate of drug-likeness (QED) is 0.653. The number of amides is 1. The fourth-order valence-corrected chi connectivity index (χ4v) is 3.97. The molecule has 3 heterocycles. The maximum Gasteiger partial charge on any atom is 0.291 e. The van der Waals surface area contributed by atoms with Crippen LogP contribution in [-0.2, 0) is 17.9 Å². The molecular weight excluding hydrogens is 413 g/mol. The first-order chi connectivity index (χ1) is 15.5. The molecule has 1 amide bonds. The first-order valence-corrected chi connectivity index (χ1v) is 10.7. The Hall–Kier alpha value is -3.56. The molecule has 1 aliphatic heterocycles. The van der Waals surface area contributed by atoms with Crippen LogP contribution in [0, 0.1) is 5.82 Å². The number of nitrogens with zero attached hydrogens (tertiary/aromatic N) is 6. The van der Waals surface area contributed by atoms with Gasteiger partial charge in [0.15, 0.2) is 5.78 Å². The number of anilines is 1. The Morgan fingerprint density at radius 1 is 1.22 bits per heavy atom. The minimum absolute atomic E-state index is 0.0552. The number of Topliss-reactive ketones (excluding diaryl/α,β-unsaturated/α-hetero) is 1. The van der Waals surface area contributed by atoms with Gasteiger partial charge >= 0.3 is 0 Å². The number of likely N-dealkylation sites (N-methyl/N-ethyl adjacent to an activating group) is 1. The van der Waals surface area contributed by atoms with Gasteiger partial charge in [0.2, 0.25) is 5.82 Å². The molecule has 3 aromatic rings. The van der Waals surface area contributed by atoms with E-state index >= 15 is 0 Å². The van der Waals surface area contributed by atoms with E-state index in [1.165, 1.54) is 17.1 Å². The highest BCUT2D eigenvalue weighted by Gasteiger charge is 2.31. The zero-order chi connectivity index (χ0) is 22.2. The number of aryl methyl sites for hydroxylation is 1. The van der Waals surface area contributed by atoms with Crippen molar-refractivity contribution in [2.45, 2.75) is 44.3 Å². The molecule has 0 spiro atoms. The summed E-state index contributed by atoms with van der Waals surface area (Å²) < 4.78 is 17.2. The molecular formula is C22H24FN7O2. The number of benzene rings is 1. The number of hydrogen-bond donors (Lipinski definition) is 1. The standard InChI is InChI=1S/C22H24FN7O2/c1-28-12-19(31)17(8-9-30-20(28)10-18(26-30)14-6-7-14)25-22(32)21-24-13-29(27-21)11-15-4-2-3-5-16(15)23/h2-5,10,13-14,17H,6-9,11-12H2,1H3,(H,25,32)/t17-/m0/s1. The molecule has 2 aromatic heterocycles. The number of ketones is 1. The molecule has 0 unspecified atom stereocenters. The van der Waals surface area contributed by atoms with Crippen molar-refractivity contribution in [2.24, 2.45) is 0 Å². The van der Waals surface area contributed by atoms with Crippen molar-refractivity contribution in [1.82, 2.24) is 29.9 Å². The van der Waals surface area contributed by atoms with Gasteiger partial charge in [-0.3, -0.25) is 9.59 Å². The fraction of sp³-hybridized carbons (Fsp3) is 0.409. The molecule has 0 saturated heterocycles. The molecule has 1 aromatic carbocycles. The van der Waals surface area contributed by atoms with Crippen LogP contribution >= 0.6 is 0 Å². The Balaban J connectivity index is 1.26. The first-order valence-electron chi connectivity index (χ1n) is 10.7. The summed E-state index contributed by atoms with van der Waals surface area (Å²) in [5.74, 6) is 0.450. The van der Waals surface area contributed by atoms with Crippen LogP contribution in [0.25, 0.3) is 0 Å². The summed E-state index contributed by atoms with van der Waals surface area (Å²) in [4.78, 5) is 31.4. The fourth-order valence-electron chi connectivity index (χ4n) is 3.97. The third-order valence-corrected chi connectivity index (χ3v) is 5.91. The minimum atomic E-state index is -0.662. The Bertz CT molecular complexity index is 1170. The van der Waals surface area contributed by atoms with Gasteiger partial charge in [-0.25, -0.2) is 18.7 Å². The van der Waals surface area contributed by atoms with Crippen LogP contribution in [0.4, 0.5) is 10.2 Å². The highest BCUT2D eigenvalue weighted by atomic mass is 19.1. The van der Waals surface area contributed by atoms with Crippen LogP contribution in [0.3, 0.4) is 0 Å². The Morgan fingerprint density at radius 2 is 2.03 bits per heavy atom. The van der Waals surface area contributed by atoms with E-state index in [-0.39, 0.29) is 30.5 Å². The van der Waals surface area contributed by atoms with E-state index in [0.29, 0.717) is 24.4 Å². The van der Waals surface area contributed by atoms with Gasteiger partial charge in [0.05, 0.1) is 24.8 Å². The Morgan fingerprint density at radius 3 is 2.81 bits per heavy atom. The van der Waals surface area contributed by atoms with Crippen LogP contribution in [0.15, 0.2) is 36.7 Å². The predicted octanol–water partition coefficient (Wildman–Crippen LogP) is 1.75. The van der Waals surface area contributed by atoms with Gasteiger partial charge in [0, 0.05) is 31.1 Å². The number of halogens is 1. The van der Waals surface area contributed by atoms with Gasteiger partial charge < -0.3 is 10.2 Å². The van der Waals surface area contributed by atoms with Crippen LogP contribution in [-0.4, -0.2) is 55.9 Å². The molecule has 5 rings (SSSR count). The zero-order valence-electron chi connectivity index (χ0n) is 17.7. The summed E-state index contributed by atoms with van der Waals surface area (Å²) in [5.41, 5.74) is 1.52. The van der Waals surface area contributed by atoms with E-state index < -0.39 is 11.9 Å².